The van der Waals surface area contributed by atoms with E-state index in [0.717, 1.165) is 4.43 Å². The number of halogens is 2. The van der Waals surface area contributed by atoms with Crippen molar-refractivity contribution in [3.05, 3.63) is 0 Å². The van der Waals surface area contributed by atoms with Crippen molar-refractivity contribution in [1.82, 2.24) is 0 Å². The van der Waals surface area contributed by atoms with Gasteiger partial charge >= 0.3 is 85.0 Å². The Balaban J connectivity index is 3.96. The molecular formula is C5H10I2NO2-. The van der Waals surface area contributed by atoms with E-state index in [4.69, 9.17) is 5.73 Å². The van der Waals surface area contributed by atoms with Crippen molar-refractivity contribution < 1.29 is 30.7 Å². The van der Waals surface area contributed by atoms with E-state index in [1.54, 1.807) is 0 Å². The third kappa shape index (κ3) is 3.33. The summed E-state index contributed by atoms with van der Waals surface area (Å²) in [6.07, 6.45) is 0. The van der Waals surface area contributed by atoms with E-state index in [-0.39, 0.29) is 27.2 Å². The summed E-state index contributed by atoms with van der Waals surface area (Å²) in [6, 6.07) is 0. The quantitative estimate of drug-likeness (QED) is 0.249. The Labute approximate surface area is 84.5 Å². The first-order valence-electron chi connectivity index (χ1n) is 2.54. The second-order valence-electron chi connectivity index (χ2n) is 1.75. The summed E-state index contributed by atoms with van der Waals surface area (Å²) < 4.78 is 4.49. The summed E-state index contributed by atoms with van der Waals surface area (Å²) in [5, 5.41) is 0. The summed E-state index contributed by atoms with van der Waals surface area (Å²) in [5.41, 5.74) is 5.62. The summed E-state index contributed by atoms with van der Waals surface area (Å²) in [5.74, 6) is -0.324. The molecule has 0 fully saturated rings. The average molecular weight is 370 g/mol. The van der Waals surface area contributed by atoms with Gasteiger partial charge in [0.1, 0.15) is 0 Å². The number of hydrogen-bond acceptors (Lipinski definition) is 3. The maximum absolute atomic E-state index is 10.9. The second-order valence-corrected chi connectivity index (χ2v) is 5.97. The van der Waals surface area contributed by atoms with Crippen LogP contribution in [0.15, 0.2) is 0 Å². The summed E-state index contributed by atoms with van der Waals surface area (Å²) in [6.45, 7) is 0. The van der Waals surface area contributed by atoms with Crippen LogP contribution in [0.4, 0.5) is 0 Å². The zero-order valence-corrected chi connectivity index (χ0v) is 10.2. The molecule has 10 heavy (non-hydrogen) atoms. The Hall–Kier alpha value is 0.890. The van der Waals surface area contributed by atoms with E-state index in [1.807, 2.05) is 22.6 Å². The number of ether oxygens (including phenoxy) is 1. The molecule has 0 saturated heterocycles. The van der Waals surface area contributed by atoms with Gasteiger partial charge in [0.05, 0.1) is 0 Å². The monoisotopic (exact) mass is 370 g/mol. The number of nitrogens with two attached hydrogens (primary N) is 1. The first-order valence-corrected chi connectivity index (χ1v) is 7.30. The molecule has 3 nitrogen and oxygen atoms in total. The van der Waals surface area contributed by atoms with Crippen molar-refractivity contribution in [2.75, 3.05) is 16.5 Å². The molecule has 0 rings (SSSR count). The Morgan fingerprint density at radius 2 is 2.40 bits per heavy atom. The Morgan fingerprint density at radius 3 is 2.70 bits per heavy atom. The van der Waals surface area contributed by atoms with Crippen LogP contribution in [0.1, 0.15) is 0 Å². The molecule has 0 bridgehead atoms. The molecule has 0 aromatic rings. The summed E-state index contributed by atoms with van der Waals surface area (Å²) in [4.78, 5) is 13.0. The fourth-order valence-corrected chi connectivity index (χ4v) is 3.99. The van der Waals surface area contributed by atoms with E-state index >= 15 is 0 Å². The van der Waals surface area contributed by atoms with Crippen LogP contribution in [-0.2, 0) is 9.53 Å². The number of carbonyl (C=O) groups is 1. The SMILES string of the molecule is COC(=O)C(N)(I)C[I-]C. The predicted molar refractivity (Wildman–Crippen MR) is 43.7 cm³/mol. The van der Waals surface area contributed by atoms with Crippen molar-refractivity contribution in [2.45, 2.75) is 3.55 Å². The Bertz CT molecular complexity index is 127. The van der Waals surface area contributed by atoms with Gasteiger partial charge in [-0.3, -0.25) is 0 Å². The van der Waals surface area contributed by atoms with Crippen molar-refractivity contribution >= 4 is 28.6 Å². The maximum atomic E-state index is 10.9. The molecule has 0 aromatic heterocycles. The molecular weight excluding hydrogens is 360 g/mol. The van der Waals surface area contributed by atoms with Crippen LogP contribution in [0.3, 0.4) is 0 Å². The minimum atomic E-state index is -0.783. The number of alkyl halides is 3. The minimum absolute atomic E-state index is 0.0447. The van der Waals surface area contributed by atoms with Gasteiger partial charge in [-0.15, -0.1) is 0 Å². The first-order chi connectivity index (χ1) is 4.54. The summed E-state index contributed by atoms with van der Waals surface area (Å²) in [7, 11) is 1.36. The average Bonchev–Trinajstić information content (AvgIpc) is 1.86. The second kappa shape index (κ2) is 4.70. The van der Waals surface area contributed by atoms with Crippen LogP contribution < -0.4 is 26.9 Å². The van der Waals surface area contributed by atoms with E-state index in [2.05, 4.69) is 9.67 Å². The van der Waals surface area contributed by atoms with Crippen LogP contribution >= 0.6 is 22.6 Å². The normalized spacial score (nSPS) is 16.4. The van der Waals surface area contributed by atoms with E-state index < -0.39 is 3.55 Å². The molecule has 2 N–H and O–H groups in total. The fourth-order valence-electron chi connectivity index (χ4n) is 0.419. The van der Waals surface area contributed by atoms with Gasteiger partial charge in [-0.05, 0) is 0 Å². The zero-order chi connectivity index (χ0) is 8.20. The molecule has 5 heteroatoms. The van der Waals surface area contributed by atoms with Crippen LogP contribution in [0, 0.1) is 0 Å². The van der Waals surface area contributed by atoms with Crippen molar-refractivity contribution in [3.63, 3.8) is 0 Å². The molecule has 0 amide bonds. The van der Waals surface area contributed by atoms with Crippen LogP contribution in [0.2, 0.25) is 0 Å². The number of hydrogen-bond donors (Lipinski definition) is 1. The molecule has 1 unspecified atom stereocenters. The third-order valence-electron chi connectivity index (χ3n) is 0.853. The van der Waals surface area contributed by atoms with Gasteiger partial charge in [0, 0.05) is 0 Å². The molecule has 0 saturated carbocycles. The van der Waals surface area contributed by atoms with Gasteiger partial charge in [-0.25, -0.2) is 0 Å². The zero-order valence-electron chi connectivity index (χ0n) is 5.86. The molecule has 0 spiro atoms. The predicted octanol–water partition coefficient (Wildman–Crippen LogP) is -3.03. The molecule has 1 atom stereocenters. The fraction of sp³-hybridized carbons (Fsp3) is 0.800. The van der Waals surface area contributed by atoms with Crippen LogP contribution in [0.5, 0.6) is 0 Å². The van der Waals surface area contributed by atoms with Gasteiger partial charge in [0.15, 0.2) is 0 Å². The molecule has 0 heterocycles. The number of methoxy groups -OCH3 is 1. The third-order valence-corrected chi connectivity index (χ3v) is 5.10. The molecule has 0 aliphatic rings. The topological polar surface area (TPSA) is 52.3 Å². The van der Waals surface area contributed by atoms with Gasteiger partial charge in [-0.1, -0.05) is 0 Å². The van der Waals surface area contributed by atoms with Gasteiger partial charge < -0.3 is 0 Å². The van der Waals surface area contributed by atoms with E-state index in [9.17, 15) is 4.79 Å². The number of rotatable bonds is 3. The molecule has 62 valence electrons. The van der Waals surface area contributed by atoms with Crippen molar-refractivity contribution in [2.24, 2.45) is 5.73 Å². The molecule has 0 aliphatic heterocycles. The number of esters is 1. The van der Waals surface area contributed by atoms with Crippen molar-refractivity contribution in [1.29, 1.82) is 0 Å². The van der Waals surface area contributed by atoms with Crippen LogP contribution in [-0.4, -0.2) is 26.0 Å². The van der Waals surface area contributed by atoms with Crippen molar-refractivity contribution in [3.8, 4) is 0 Å². The van der Waals surface area contributed by atoms with Gasteiger partial charge in [0.25, 0.3) is 0 Å². The molecule has 0 aromatic carbocycles. The van der Waals surface area contributed by atoms with E-state index in [1.165, 1.54) is 7.11 Å². The van der Waals surface area contributed by atoms with Gasteiger partial charge in [-0.2, -0.15) is 0 Å². The van der Waals surface area contributed by atoms with Gasteiger partial charge in [0.2, 0.25) is 0 Å². The molecule has 0 aliphatic carbocycles. The number of carbonyl (C=O) groups excluding carboxylic acids is 1. The Morgan fingerprint density at radius 1 is 1.90 bits per heavy atom. The van der Waals surface area contributed by atoms with E-state index in [0.29, 0.717) is 0 Å². The van der Waals surface area contributed by atoms with Crippen LogP contribution in [0.25, 0.3) is 0 Å². The molecule has 0 radical (unpaired) electrons. The summed E-state index contributed by atoms with van der Waals surface area (Å²) >= 11 is 1.98. The standard InChI is InChI=1S/C5H10I2NO2/c1-7-3-5(6,8)4(9)10-2/h3,8H2,1-2H3/q-1. The Kier molecular flexibility index (Phi) is 5.12. The first kappa shape index (κ1) is 10.9.